The number of methoxy groups -OCH3 is 1. The first-order valence-corrected chi connectivity index (χ1v) is 9.30. The quantitative estimate of drug-likeness (QED) is 0.325. The van der Waals surface area contributed by atoms with Gasteiger partial charge in [0, 0.05) is 6.08 Å². The van der Waals surface area contributed by atoms with Crippen molar-refractivity contribution in [1.82, 2.24) is 0 Å². The van der Waals surface area contributed by atoms with Gasteiger partial charge in [0.25, 0.3) is 0 Å². The first-order chi connectivity index (χ1) is 12.2. The Balaban J connectivity index is 2.13. The van der Waals surface area contributed by atoms with Gasteiger partial charge in [-0.05, 0) is 49.8 Å². The lowest BCUT2D eigenvalue weighted by atomic mass is 10.1. The summed E-state index contributed by atoms with van der Waals surface area (Å²) in [6, 6.07) is 8.16. The molecule has 0 aliphatic carbocycles. The molecule has 0 fully saturated rings. The molecular formula is C21H32O4. The zero-order valence-corrected chi connectivity index (χ0v) is 15.6. The lowest BCUT2D eigenvalue weighted by Crippen LogP contribution is -2.17. The van der Waals surface area contributed by atoms with Crippen LogP contribution in [-0.4, -0.2) is 30.9 Å². The third kappa shape index (κ3) is 10.6. The molecule has 25 heavy (non-hydrogen) atoms. The molecule has 0 bridgehead atoms. The predicted molar refractivity (Wildman–Crippen MR) is 101 cm³/mol. The van der Waals surface area contributed by atoms with E-state index in [1.165, 1.54) is 38.0 Å². The lowest BCUT2D eigenvalue weighted by Gasteiger charge is -2.12. The smallest absolute Gasteiger partial charge is 0.330 e. The average Bonchev–Trinajstić information content (AvgIpc) is 2.63. The normalized spacial score (nSPS) is 12.3. The largest absolute Gasteiger partial charge is 0.491 e. The molecule has 1 aromatic carbocycles. The second-order valence-corrected chi connectivity index (χ2v) is 6.28. The number of aliphatic hydroxyl groups is 1. The van der Waals surface area contributed by atoms with Crippen LogP contribution in [0.2, 0.25) is 0 Å². The van der Waals surface area contributed by atoms with E-state index in [1.807, 2.05) is 12.1 Å². The molecule has 1 unspecified atom stereocenters. The second kappa shape index (κ2) is 13.5. The number of unbranched alkanes of at least 4 members (excludes halogenated alkanes) is 4. The van der Waals surface area contributed by atoms with Crippen LogP contribution in [0.5, 0.6) is 5.75 Å². The second-order valence-electron chi connectivity index (χ2n) is 6.28. The van der Waals surface area contributed by atoms with Gasteiger partial charge in [0.1, 0.15) is 12.4 Å². The van der Waals surface area contributed by atoms with Gasteiger partial charge in [0.15, 0.2) is 0 Å². The van der Waals surface area contributed by atoms with E-state index in [-0.39, 0.29) is 5.97 Å². The summed E-state index contributed by atoms with van der Waals surface area (Å²) in [5.41, 5.74) is 1.33. The number of allylic oxidation sites excluding steroid dienone is 1. The maximum Gasteiger partial charge on any atom is 0.330 e. The average molecular weight is 348 g/mol. The van der Waals surface area contributed by atoms with Crippen molar-refractivity contribution in [3.8, 4) is 5.75 Å². The van der Waals surface area contributed by atoms with E-state index in [4.69, 9.17) is 4.74 Å². The van der Waals surface area contributed by atoms with Gasteiger partial charge < -0.3 is 14.6 Å². The molecule has 0 aliphatic heterocycles. The molecule has 0 heterocycles. The van der Waals surface area contributed by atoms with E-state index in [0.29, 0.717) is 13.0 Å². The summed E-state index contributed by atoms with van der Waals surface area (Å²) in [6.07, 6.45) is 10.9. The summed E-state index contributed by atoms with van der Waals surface area (Å²) in [7, 11) is 1.36. The third-order valence-electron chi connectivity index (χ3n) is 4.05. The lowest BCUT2D eigenvalue weighted by molar-refractivity contribution is -0.134. The Morgan fingerprint density at radius 2 is 1.92 bits per heavy atom. The van der Waals surface area contributed by atoms with Gasteiger partial charge in [0.05, 0.1) is 13.2 Å². The molecular weight excluding hydrogens is 316 g/mol. The Labute approximate surface area is 151 Å². The Hall–Kier alpha value is -1.81. The fraction of sp³-hybridized carbons (Fsp3) is 0.571. The fourth-order valence-corrected chi connectivity index (χ4v) is 2.50. The van der Waals surface area contributed by atoms with Crippen molar-refractivity contribution in [1.29, 1.82) is 0 Å². The topological polar surface area (TPSA) is 55.8 Å². The van der Waals surface area contributed by atoms with Gasteiger partial charge in [-0.3, -0.25) is 0 Å². The number of carbonyl (C=O) groups is 1. The Bertz CT molecular complexity index is 493. The number of aryl methyl sites for hydroxylation is 1. The third-order valence-corrected chi connectivity index (χ3v) is 4.05. The Morgan fingerprint density at radius 1 is 1.16 bits per heavy atom. The Morgan fingerprint density at radius 3 is 2.60 bits per heavy atom. The van der Waals surface area contributed by atoms with Crippen molar-refractivity contribution >= 4 is 5.97 Å². The molecule has 0 saturated carbocycles. The van der Waals surface area contributed by atoms with Crippen molar-refractivity contribution in [3.05, 3.63) is 42.0 Å². The number of hydrogen-bond donors (Lipinski definition) is 1. The summed E-state index contributed by atoms with van der Waals surface area (Å²) in [5.74, 6) is 0.476. The van der Waals surface area contributed by atoms with Crippen LogP contribution in [0.25, 0.3) is 0 Å². The fourth-order valence-electron chi connectivity index (χ4n) is 2.50. The number of ether oxygens (including phenoxy) is 2. The van der Waals surface area contributed by atoms with Crippen LogP contribution in [0, 0.1) is 0 Å². The van der Waals surface area contributed by atoms with Crippen LogP contribution >= 0.6 is 0 Å². The molecule has 0 aromatic heterocycles. The first kappa shape index (κ1) is 21.2. The van der Waals surface area contributed by atoms with Crippen LogP contribution in [0.15, 0.2) is 36.4 Å². The first-order valence-electron chi connectivity index (χ1n) is 9.30. The van der Waals surface area contributed by atoms with E-state index < -0.39 is 6.10 Å². The highest BCUT2D eigenvalue weighted by molar-refractivity contribution is 5.81. The number of esters is 1. The van der Waals surface area contributed by atoms with Crippen LogP contribution < -0.4 is 4.74 Å². The van der Waals surface area contributed by atoms with Crippen molar-refractivity contribution < 1.29 is 19.4 Å². The van der Waals surface area contributed by atoms with E-state index >= 15 is 0 Å². The Kier molecular flexibility index (Phi) is 11.4. The highest BCUT2D eigenvalue weighted by Gasteiger charge is 2.05. The van der Waals surface area contributed by atoms with Crippen LogP contribution in [-0.2, 0) is 16.0 Å². The molecule has 0 saturated heterocycles. The summed E-state index contributed by atoms with van der Waals surface area (Å²) >= 11 is 0. The molecule has 1 atom stereocenters. The zero-order chi connectivity index (χ0) is 18.3. The van der Waals surface area contributed by atoms with E-state index in [2.05, 4.69) is 23.8 Å². The summed E-state index contributed by atoms with van der Waals surface area (Å²) in [6.45, 7) is 2.52. The zero-order valence-electron chi connectivity index (χ0n) is 15.6. The molecule has 0 radical (unpaired) electrons. The van der Waals surface area contributed by atoms with Gasteiger partial charge in [-0.2, -0.15) is 0 Å². The number of carbonyl (C=O) groups excluding carboxylic acids is 1. The van der Waals surface area contributed by atoms with Gasteiger partial charge in [-0.15, -0.1) is 0 Å². The summed E-state index contributed by atoms with van der Waals surface area (Å²) < 4.78 is 10.2. The van der Waals surface area contributed by atoms with E-state index in [0.717, 1.165) is 31.4 Å². The molecule has 0 aliphatic rings. The standard InChI is InChI=1S/C21H32O4/c1-3-4-7-10-18-13-15-20(16-14-18)25-17-19(22)11-8-5-6-9-12-21(23)24-2/h9,12-16,19,22H,3-8,10-11,17H2,1-2H3. The number of benzene rings is 1. The summed E-state index contributed by atoms with van der Waals surface area (Å²) in [4.78, 5) is 10.9. The molecule has 4 heteroatoms. The highest BCUT2D eigenvalue weighted by atomic mass is 16.5. The minimum Gasteiger partial charge on any atom is -0.491 e. The van der Waals surface area contributed by atoms with E-state index in [1.54, 1.807) is 6.08 Å². The van der Waals surface area contributed by atoms with Gasteiger partial charge >= 0.3 is 5.97 Å². The minimum absolute atomic E-state index is 0.313. The predicted octanol–water partition coefficient (Wildman–Crippen LogP) is 4.45. The molecule has 1 aromatic rings. The summed E-state index contributed by atoms with van der Waals surface area (Å²) in [5, 5.41) is 9.97. The van der Waals surface area contributed by atoms with Gasteiger partial charge in [-0.25, -0.2) is 4.79 Å². The molecule has 1 N–H and O–H groups in total. The van der Waals surface area contributed by atoms with Crippen LogP contribution in [0.4, 0.5) is 0 Å². The SMILES string of the molecule is CCCCCc1ccc(OCC(O)CCCCC=CC(=O)OC)cc1. The van der Waals surface area contributed by atoms with Crippen molar-refractivity contribution in [2.75, 3.05) is 13.7 Å². The van der Waals surface area contributed by atoms with Crippen molar-refractivity contribution in [2.24, 2.45) is 0 Å². The maximum absolute atomic E-state index is 10.9. The molecule has 0 amide bonds. The van der Waals surface area contributed by atoms with Crippen molar-refractivity contribution in [2.45, 2.75) is 64.4 Å². The van der Waals surface area contributed by atoms with Gasteiger partial charge in [0.2, 0.25) is 0 Å². The van der Waals surface area contributed by atoms with E-state index in [9.17, 15) is 9.90 Å². The molecule has 4 nitrogen and oxygen atoms in total. The minimum atomic E-state index is -0.464. The highest BCUT2D eigenvalue weighted by Crippen LogP contribution is 2.15. The number of aliphatic hydroxyl groups excluding tert-OH is 1. The van der Waals surface area contributed by atoms with Crippen molar-refractivity contribution in [3.63, 3.8) is 0 Å². The van der Waals surface area contributed by atoms with Crippen LogP contribution in [0.3, 0.4) is 0 Å². The molecule has 0 spiro atoms. The maximum atomic E-state index is 10.9. The van der Waals surface area contributed by atoms with Gasteiger partial charge in [-0.1, -0.05) is 44.4 Å². The molecule has 140 valence electrons. The number of hydrogen-bond acceptors (Lipinski definition) is 4. The monoisotopic (exact) mass is 348 g/mol. The van der Waals surface area contributed by atoms with Crippen LogP contribution in [0.1, 0.15) is 57.4 Å². The molecule has 1 rings (SSSR count). The number of rotatable bonds is 13.